The number of piperazine rings is 1. The van der Waals surface area contributed by atoms with Gasteiger partial charge in [0.25, 0.3) is 0 Å². The zero-order chi connectivity index (χ0) is 21.2. The van der Waals surface area contributed by atoms with Crippen molar-refractivity contribution in [1.29, 1.82) is 0 Å². The van der Waals surface area contributed by atoms with Crippen molar-refractivity contribution in [2.24, 2.45) is 0 Å². The number of nitrogens with zero attached hydrogens (tertiary/aromatic N) is 5. The van der Waals surface area contributed by atoms with Crippen molar-refractivity contribution in [1.82, 2.24) is 24.6 Å². The zero-order valence-electron chi connectivity index (χ0n) is 17.7. The summed E-state index contributed by atoms with van der Waals surface area (Å²) in [5.41, 5.74) is 4.69. The minimum atomic E-state index is -0.179. The number of anilines is 1. The number of aryl methyl sites for hydroxylation is 1. The van der Waals surface area contributed by atoms with Crippen LogP contribution in [-0.4, -0.2) is 56.9 Å². The number of fused-ring (bicyclic) bond motifs is 1. The molecule has 7 heteroatoms. The van der Waals surface area contributed by atoms with Gasteiger partial charge in [0, 0.05) is 54.2 Å². The monoisotopic (exact) mass is 418 g/mol. The number of hydrogen-bond acceptors (Lipinski definition) is 4. The quantitative estimate of drug-likeness (QED) is 0.514. The van der Waals surface area contributed by atoms with Crippen LogP contribution in [0.5, 0.6) is 0 Å². The second-order valence-corrected chi connectivity index (χ2v) is 8.32. The van der Waals surface area contributed by atoms with E-state index in [1.54, 1.807) is 24.8 Å². The zero-order valence-corrected chi connectivity index (χ0v) is 17.7. The minimum absolute atomic E-state index is 0.179. The molecule has 0 radical (unpaired) electrons. The molecular formula is C24H27FN6. The highest BCUT2D eigenvalue weighted by atomic mass is 19.1. The van der Waals surface area contributed by atoms with Crippen LogP contribution >= 0.6 is 0 Å². The Balaban J connectivity index is 1.19. The smallest absolute Gasteiger partial charge is 0.123 e. The molecule has 1 atom stereocenters. The van der Waals surface area contributed by atoms with Crippen molar-refractivity contribution in [3.05, 3.63) is 72.7 Å². The molecule has 4 aromatic rings. The summed E-state index contributed by atoms with van der Waals surface area (Å²) in [5.74, 6) is -0.179. The van der Waals surface area contributed by atoms with Crippen molar-refractivity contribution >= 4 is 16.6 Å². The molecule has 6 nitrogen and oxygen atoms in total. The predicted molar refractivity (Wildman–Crippen MR) is 121 cm³/mol. The maximum absolute atomic E-state index is 13.2. The number of nitrogens with one attached hydrogen (secondary N) is 1. The average Bonchev–Trinajstić information content (AvgIpc) is 3.45. The standard InChI is InChI=1S/C24H27FN6/c1-18-15-30(21-6-4-20(25)5-7-21)12-11-29(18)10-2-3-19-14-26-24-9-8-22(13-23(19)24)31-16-27-28-17-31/h4-9,13-14,16-18,26H,2-3,10-12,15H2,1H3. The molecule has 0 amide bonds. The van der Waals surface area contributed by atoms with E-state index in [0.717, 1.165) is 55.9 Å². The third-order valence-corrected chi connectivity index (χ3v) is 6.32. The largest absolute Gasteiger partial charge is 0.369 e. The van der Waals surface area contributed by atoms with Gasteiger partial charge in [-0.2, -0.15) is 0 Å². The number of H-pyrrole nitrogens is 1. The lowest BCUT2D eigenvalue weighted by atomic mass is 10.1. The first-order valence-electron chi connectivity index (χ1n) is 10.9. The first-order valence-corrected chi connectivity index (χ1v) is 10.9. The molecule has 0 spiro atoms. The van der Waals surface area contributed by atoms with Crippen molar-refractivity contribution in [3.8, 4) is 5.69 Å². The minimum Gasteiger partial charge on any atom is -0.369 e. The molecule has 31 heavy (non-hydrogen) atoms. The van der Waals surface area contributed by atoms with Crippen LogP contribution in [0.2, 0.25) is 0 Å². The van der Waals surface area contributed by atoms with E-state index < -0.39 is 0 Å². The van der Waals surface area contributed by atoms with Gasteiger partial charge >= 0.3 is 0 Å². The van der Waals surface area contributed by atoms with E-state index in [-0.39, 0.29) is 5.82 Å². The summed E-state index contributed by atoms with van der Waals surface area (Å²) in [6.07, 6.45) is 7.73. The van der Waals surface area contributed by atoms with Crippen molar-refractivity contribution < 1.29 is 4.39 Å². The van der Waals surface area contributed by atoms with Gasteiger partial charge in [0.05, 0.1) is 0 Å². The highest BCUT2D eigenvalue weighted by Crippen LogP contribution is 2.24. The molecule has 2 aromatic carbocycles. The maximum Gasteiger partial charge on any atom is 0.123 e. The Bertz CT molecular complexity index is 1130. The van der Waals surface area contributed by atoms with E-state index >= 15 is 0 Å². The topological polar surface area (TPSA) is 53.0 Å². The molecule has 5 rings (SSSR count). The lowest BCUT2D eigenvalue weighted by molar-refractivity contribution is 0.187. The summed E-state index contributed by atoms with van der Waals surface area (Å²) in [6.45, 7) is 6.35. The Hall–Kier alpha value is -3.19. The summed E-state index contributed by atoms with van der Waals surface area (Å²) in [5, 5.41) is 9.07. The molecule has 160 valence electrons. The lowest BCUT2D eigenvalue weighted by Gasteiger charge is -2.41. The van der Waals surface area contributed by atoms with Crippen molar-refractivity contribution in [2.75, 3.05) is 31.1 Å². The van der Waals surface area contributed by atoms with Gasteiger partial charge in [0.1, 0.15) is 18.5 Å². The van der Waals surface area contributed by atoms with Crippen LogP contribution in [0.25, 0.3) is 16.6 Å². The van der Waals surface area contributed by atoms with Crippen LogP contribution in [0.15, 0.2) is 61.3 Å². The first-order chi connectivity index (χ1) is 15.2. The molecular weight excluding hydrogens is 391 g/mol. The van der Waals surface area contributed by atoms with Crippen molar-refractivity contribution in [2.45, 2.75) is 25.8 Å². The van der Waals surface area contributed by atoms with Gasteiger partial charge in [-0.3, -0.25) is 9.47 Å². The third kappa shape index (κ3) is 4.18. The van der Waals surface area contributed by atoms with Crippen LogP contribution in [0.1, 0.15) is 18.9 Å². The van der Waals surface area contributed by atoms with Crippen LogP contribution in [0.3, 0.4) is 0 Å². The number of benzene rings is 2. The Kier molecular flexibility index (Phi) is 5.42. The number of aromatic amines is 1. The Morgan fingerprint density at radius 1 is 1.03 bits per heavy atom. The summed E-state index contributed by atoms with van der Waals surface area (Å²) >= 11 is 0. The highest BCUT2D eigenvalue weighted by molar-refractivity contribution is 5.85. The second kappa shape index (κ2) is 8.51. The molecule has 0 bridgehead atoms. The molecule has 1 unspecified atom stereocenters. The van der Waals surface area contributed by atoms with E-state index in [2.05, 4.69) is 56.3 Å². The van der Waals surface area contributed by atoms with Gasteiger partial charge in [-0.25, -0.2) is 4.39 Å². The molecule has 0 saturated carbocycles. The number of halogens is 1. The fourth-order valence-corrected chi connectivity index (χ4v) is 4.55. The Morgan fingerprint density at radius 3 is 2.58 bits per heavy atom. The van der Waals surface area contributed by atoms with Gasteiger partial charge < -0.3 is 9.88 Å². The molecule has 0 aliphatic carbocycles. The summed E-state index contributed by atoms with van der Waals surface area (Å²) < 4.78 is 15.1. The van der Waals surface area contributed by atoms with Crippen LogP contribution in [0, 0.1) is 5.82 Å². The van der Waals surface area contributed by atoms with E-state index in [0.29, 0.717) is 6.04 Å². The van der Waals surface area contributed by atoms with E-state index in [1.807, 2.05) is 16.7 Å². The van der Waals surface area contributed by atoms with E-state index in [4.69, 9.17) is 0 Å². The summed E-state index contributed by atoms with van der Waals surface area (Å²) in [7, 11) is 0. The summed E-state index contributed by atoms with van der Waals surface area (Å²) in [6, 6.07) is 13.7. The van der Waals surface area contributed by atoms with Crippen LogP contribution in [0.4, 0.5) is 10.1 Å². The van der Waals surface area contributed by atoms with Gasteiger partial charge in [-0.15, -0.1) is 10.2 Å². The van der Waals surface area contributed by atoms with Crippen molar-refractivity contribution in [3.63, 3.8) is 0 Å². The van der Waals surface area contributed by atoms with Gasteiger partial charge in [-0.05, 0) is 74.3 Å². The highest BCUT2D eigenvalue weighted by Gasteiger charge is 2.23. The molecule has 1 N–H and O–H groups in total. The SMILES string of the molecule is CC1CN(c2ccc(F)cc2)CCN1CCCc1c[nH]c2ccc(-n3cnnc3)cc12. The van der Waals surface area contributed by atoms with Crippen LogP contribution in [-0.2, 0) is 6.42 Å². The second-order valence-electron chi connectivity index (χ2n) is 8.32. The number of aromatic nitrogens is 4. The van der Waals surface area contributed by atoms with Crippen LogP contribution < -0.4 is 4.90 Å². The van der Waals surface area contributed by atoms with E-state index in [9.17, 15) is 4.39 Å². The fourth-order valence-electron chi connectivity index (χ4n) is 4.55. The maximum atomic E-state index is 13.2. The molecule has 1 aliphatic heterocycles. The molecule has 1 fully saturated rings. The fraction of sp³-hybridized carbons (Fsp3) is 0.333. The first kappa shape index (κ1) is 19.8. The van der Waals surface area contributed by atoms with E-state index in [1.165, 1.54) is 10.9 Å². The third-order valence-electron chi connectivity index (χ3n) is 6.32. The Morgan fingerprint density at radius 2 is 1.81 bits per heavy atom. The number of hydrogen-bond donors (Lipinski definition) is 1. The van der Waals surface area contributed by atoms with Gasteiger partial charge in [0.15, 0.2) is 0 Å². The normalized spacial score (nSPS) is 17.5. The average molecular weight is 419 g/mol. The molecule has 1 aliphatic rings. The lowest BCUT2D eigenvalue weighted by Crippen LogP contribution is -2.52. The molecule has 2 aromatic heterocycles. The van der Waals surface area contributed by atoms with Gasteiger partial charge in [0.2, 0.25) is 0 Å². The predicted octanol–water partition coefficient (Wildman–Crippen LogP) is 4.03. The van der Waals surface area contributed by atoms with Gasteiger partial charge in [-0.1, -0.05) is 0 Å². The molecule has 3 heterocycles. The molecule has 1 saturated heterocycles. The Labute approximate surface area is 181 Å². The number of rotatable bonds is 6. The summed E-state index contributed by atoms with van der Waals surface area (Å²) in [4.78, 5) is 8.32.